The lowest BCUT2D eigenvalue weighted by Gasteiger charge is -2.30. The van der Waals surface area contributed by atoms with E-state index >= 15 is 0 Å². The fourth-order valence-corrected chi connectivity index (χ4v) is 11.3. The Bertz CT molecular complexity index is 3580. The molecule has 2 atom stereocenters. The number of rotatable bonds is 19. The van der Waals surface area contributed by atoms with Crippen molar-refractivity contribution >= 4 is 56.6 Å². The second-order valence-electron chi connectivity index (χ2n) is 18.6. The smallest absolute Gasteiger partial charge is 0.119 e. The number of aromatic nitrogens is 2. The van der Waals surface area contributed by atoms with Crippen molar-refractivity contribution in [3.63, 3.8) is 0 Å². The maximum absolute atomic E-state index is 6.11. The van der Waals surface area contributed by atoms with Crippen molar-refractivity contribution in [2.45, 2.75) is 51.4 Å². The summed E-state index contributed by atoms with van der Waals surface area (Å²) in [5.41, 5.74) is 18.9. The standard InChI is InChI=1S/C66H56N4O2S2/c1-3-5-43-71-55-39-35-51(36-40-55)59(47-23-15-9-16-24-47)57(45-19-11-7-12-20-45)49-27-31-53(32-28-49)61-63-65(69-73-67-63)62(66-64(61)68-74-70-66)54-33-29-50(30-34-54)58(46-21-13-8-14-22-46)60(48-25-17-10-18-26-48)52-37-41-56(42-38-52)72-44-6-4-2/h7-42,57,59H,3-6,43-44H2,1-2H3/b60-58+. The van der Waals surface area contributed by atoms with Gasteiger partial charge in [0.15, 0.2) is 0 Å². The lowest BCUT2D eigenvalue weighted by Crippen LogP contribution is -2.15. The van der Waals surface area contributed by atoms with Crippen LogP contribution < -0.4 is 9.47 Å². The second-order valence-corrected chi connectivity index (χ2v) is 19.7. The van der Waals surface area contributed by atoms with E-state index in [4.69, 9.17) is 26.9 Å². The maximum atomic E-state index is 6.11. The molecule has 2 unspecified atom stereocenters. The second kappa shape index (κ2) is 22.8. The van der Waals surface area contributed by atoms with Gasteiger partial charge in [-0.1, -0.05) is 221 Å². The number of hydrogen-bond acceptors (Lipinski definition) is 7. The van der Waals surface area contributed by atoms with Crippen LogP contribution in [0, 0.1) is 0 Å². The average molecular weight is 1000 g/mol. The molecule has 1 aliphatic rings. The molecule has 9 aromatic carbocycles. The summed E-state index contributed by atoms with van der Waals surface area (Å²) in [5.74, 6) is 1.83. The summed E-state index contributed by atoms with van der Waals surface area (Å²) in [4.78, 5) is 0. The lowest BCUT2D eigenvalue weighted by molar-refractivity contribution is 0.309. The largest absolute Gasteiger partial charge is 0.494 e. The highest BCUT2D eigenvalue weighted by atomic mass is 32.1. The van der Waals surface area contributed by atoms with E-state index in [0.29, 0.717) is 6.61 Å². The van der Waals surface area contributed by atoms with E-state index in [-0.39, 0.29) is 11.8 Å². The Hall–Kier alpha value is -8.04. The first-order chi connectivity index (χ1) is 36.7. The Morgan fingerprint density at radius 3 is 1.15 bits per heavy atom. The van der Waals surface area contributed by atoms with Gasteiger partial charge in [-0.2, -0.15) is 17.5 Å². The molecule has 11 rings (SSSR count). The third-order valence-electron chi connectivity index (χ3n) is 13.9. The highest BCUT2D eigenvalue weighted by Gasteiger charge is 2.30. The van der Waals surface area contributed by atoms with Crippen molar-refractivity contribution in [2.75, 3.05) is 13.2 Å². The van der Waals surface area contributed by atoms with Crippen molar-refractivity contribution in [1.29, 1.82) is 0 Å². The van der Waals surface area contributed by atoms with Gasteiger partial charge in [0.2, 0.25) is 0 Å². The Morgan fingerprint density at radius 1 is 0.392 bits per heavy atom. The zero-order chi connectivity index (χ0) is 50.1. The topological polar surface area (TPSA) is 69.0 Å². The average Bonchev–Trinajstić information content (AvgIpc) is 4.17. The molecule has 1 aromatic heterocycles. The third kappa shape index (κ3) is 10.2. The molecule has 0 amide bonds. The molecule has 8 heteroatoms. The number of unbranched alkanes of at least 4 members (excludes halogenated alkanes) is 2. The van der Waals surface area contributed by atoms with Gasteiger partial charge in [0.1, 0.15) is 33.9 Å². The van der Waals surface area contributed by atoms with Gasteiger partial charge in [0, 0.05) is 23.0 Å². The minimum absolute atomic E-state index is 0.0169. The van der Waals surface area contributed by atoms with Gasteiger partial charge < -0.3 is 9.47 Å². The zero-order valence-electron chi connectivity index (χ0n) is 41.6. The number of benzene rings is 9. The van der Waals surface area contributed by atoms with Crippen molar-refractivity contribution < 1.29 is 9.47 Å². The van der Waals surface area contributed by atoms with Crippen molar-refractivity contribution in [1.82, 2.24) is 8.75 Å². The molecular formula is C66H56N4O2S2. The van der Waals surface area contributed by atoms with E-state index in [2.05, 4.69) is 232 Å². The number of nitrogens with zero attached hydrogens (tertiary/aromatic N) is 4. The van der Waals surface area contributed by atoms with E-state index in [1.807, 2.05) is 0 Å². The number of hydrogen-bond donors (Lipinski definition) is 0. The van der Waals surface area contributed by atoms with Crippen molar-refractivity contribution in [3.05, 3.63) is 263 Å². The quantitative estimate of drug-likeness (QED) is 0.0598. The van der Waals surface area contributed by atoms with E-state index in [1.165, 1.54) is 45.3 Å². The predicted molar refractivity (Wildman–Crippen MR) is 308 cm³/mol. The Morgan fingerprint density at radius 2 is 0.730 bits per heavy atom. The molecule has 0 fully saturated rings. The van der Waals surface area contributed by atoms with Gasteiger partial charge in [0.05, 0.1) is 36.3 Å². The summed E-state index contributed by atoms with van der Waals surface area (Å²) in [6, 6.07) is 78.3. The lowest BCUT2D eigenvalue weighted by atomic mass is 9.73. The Kier molecular flexibility index (Phi) is 14.9. The highest BCUT2D eigenvalue weighted by Crippen LogP contribution is 2.53. The van der Waals surface area contributed by atoms with Gasteiger partial charge in [0.25, 0.3) is 0 Å². The first-order valence-corrected chi connectivity index (χ1v) is 27.2. The molecule has 0 N–H and O–H groups in total. The van der Waals surface area contributed by atoms with E-state index < -0.39 is 0 Å². The van der Waals surface area contributed by atoms with Crippen LogP contribution in [0.3, 0.4) is 0 Å². The van der Waals surface area contributed by atoms with Gasteiger partial charge in [-0.3, -0.25) is 0 Å². The fourth-order valence-electron chi connectivity index (χ4n) is 10.2. The molecular weight excluding hydrogens is 945 g/mol. The SMILES string of the molecule is CCCCOc1ccc(/C(=C(\c2ccccc2)c2ccc(-c3c4c(c(-c5ccc(C(c6ccccc6)C(c6ccccc6)c6ccc(OCCCC)cc6)cc5)c5nsnc35)N=S=N4)cc2)c2ccccc2)cc1. The summed E-state index contributed by atoms with van der Waals surface area (Å²) in [6.45, 7) is 5.79. The molecule has 0 saturated carbocycles. The minimum Gasteiger partial charge on any atom is -0.494 e. The Balaban J connectivity index is 0.979. The van der Waals surface area contributed by atoms with Crippen LogP contribution in [0.15, 0.2) is 227 Å². The first kappa shape index (κ1) is 48.2. The van der Waals surface area contributed by atoms with E-state index in [1.54, 1.807) is 0 Å². The van der Waals surface area contributed by atoms with Gasteiger partial charge >= 0.3 is 0 Å². The predicted octanol–water partition coefficient (Wildman–Crippen LogP) is 18.1. The molecule has 0 saturated heterocycles. The van der Waals surface area contributed by atoms with Crippen LogP contribution >= 0.6 is 11.7 Å². The third-order valence-corrected chi connectivity index (χ3v) is 14.9. The molecule has 0 radical (unpaired) electrons. The van der Waals surface area contributed by atoms with E-state index in [0.717, 1.165) is 122 Å². The minimum atomic E-state index is 0.0169. The Labute approximate surface area is 442 Å². The van der Waals surface area contributed by atoms with Gasteiger partial charge in [-0.25, -0.2) is 0 Å². The highest BCUT2D eigenvalue weighted by molar-refractivity contribution is 7.58. The van der Waals surface area contributed by atoms with Crippen LogP contribution in [0.4, 0.5) is 11.4 Å². The summed E-state index contributed by atoms with van der Waals surface area (Å²) < 4.78 is 32.2. The van der Waals surface area contributed by atoms with Crippen LogP contribution in [0.25, 0.3) is 44.4 Å². The number of ether oxygens (including phenoxy) is 2. The van der Waals surface area contributed by atoms with Crippen LogP contribution in [0.2, 0.25) is 0 Å². The molecule has 2 heterocycles. The van der Waals surface area contributed by atoms with Crippen molar-refractivity contribution in [2.24, 2.45) is 8.73 Å². The zero-order valence-corrected chi connectivity index (χ0v) is 43.2. The van der Waals surface area contributed by atoms with Crippen LogP contribution in [-0.2, 0) is 11.4 Å². The summed E-state index contributed by atoms with van der Waals surface area (Å²) in [5, 5.41) is 0. The molecule has 0 aliphatic carbocycles. The molecule has 1 aliphatic heterocycles. The monoisotopic (exact) mass is 1000 g/mol. The van der Waals surface area contributed by atoms with Gasteiger partial charge in [-0.15, -0.1) is 0 Å². The molecule has 0 spiro atoms. The number of fused-ring (bicyclic) bond motifs is 2. The van der Waals surface area contributed by atoms with E-state index in [9.17, 15) is 0 Å². The summed E-state index contributed by atoms with van der Waals surface area (Å²) in [6.07, 6.45) is 4.25. The molecule has 74 heavy (non-hydrogen) atoms. The molecule has 0 bridgehead atoms. The van der Waals surface area contributed by atoms with Crippen LogP contribution in [0.1, 0.15) is 95.9 Å². The summed E-state index contributed by atoms with van der Waals surface area (Å²) >= 11 is 2.46. The molecule has 6 nitrogen and oxygen atoms in total. The summed E-state index contributed by atoms with van der Waals surface area (Å²) in [7, 11) is 0. The van der Waals surface area contributed by atoms with Crippen molar-refractivity contribution in [3.8, 4) is 33.8 Å². The van der Waals surface area contributed by atoms with Crippen LogP contribution in [0.5, 0.6) is 11.5 Å². The molecule has 364 valence electrons. The molecule has 10 aromatic rings. The maximum Gasteiger partial charge on any atom is 0.119 e. The van der Waals surface area contributed by atoms with Gasteiger partial charge in [-0.05, 0) is 104 Å². The fraction of sp³-hybridized carbons (Fsp3) is 0.152. The van der Waals surface area contributed by atoms with Crippen LogP contribution in [-0.4, -0.2) is 22.0 Å². The first-order valence-electron chi connectivity index (χ1n) is 25.7. The normalized spacial score (nSPS) is 12.9.